The van der Waals surface area contributed by atoms with Crippen molar-refractivity contribution in [3.05, 3.63) is 48.5 Å². The molecular weight excluding hydrogens is 429 g/mol. The number of methoxy groups -OCH3 is 1. The zero-order valence-corrected chi connectivity index (χ0v) is 15.1. The van der Waals surface area contributed by atoms with E-state index in [1.54, 1.807) is 12.1 Å². The Bertz CT molecular complexity index is 613. The third kappa shape index (κ3) is 3.75. The zero-order valence-electron chi connectivity index (χ0n) is 10.3. The van der Waals surface area contributed by atoms with Crippen LogP contribution in [0.4, 0.5) is 5.69 Å². The molecule has 3 nitrogen and oxygen atoms in total. The van der Waals surface area contributed by atoms with Crippen LogP contribution in [0.5, 0.6) is 0 Å². The SMILES string of the molecule is COC(=O)C(Nc1cccc(Cl)c1)c1cc(Br)c(Br)s1. The number of carbonyl (C=O) groups excluding carboxylic acids is 1. The standard InChI is InChI=1S/C13H10Br2ClNO2S/c1-19-13(18)11(10-6-9(14)12(15)20-10)17-8-4-2-3-7(16)5-8/h2-6,11,17H,1H3. The van der Waals surface area contributed by atoms with Crippen molar-refractivity contribution in [2.45, 2.75) is 6.04 Å². The molecule has 0 aliphatic carbocycles. The quantitative estimate of drug-likeness (QED) is 0.661. The smallest absolute Gasteiger partial charge is 0.333 e. The van der Waals surface area contributed by atoms with Crippen molar-refractivity contribution in [2.75, 3.05) is 12.4 Å². The molecule has 0 saturated carbocycles. The fourth-order valence-electron chi connectivity index (χ4n) is 1.61. The molecule has 0 saturated heterocycles. The molecule has 1 unspecified atom stereocenters. The lowest BCUT2D eigenvalue weighted by molar-refractivity contribution is -0.141. The molecule has 0 aliphatic heterocycles. The predicted molar refractivity (Wildman–Crippen MR) is 89.6 cm³/mol. The lowest BCUT2D eigenvalue weighted by Gasteiger charge is -2.16. The van der Waals surface area contributed by atoms with E-state index in [4.69, 9.17) is 16.3 Å². The number of nitrogens with one attached hydrogen (secondary N) is 1. The van der Waals surface area contributed by atoms with E-state index in [2.05, 4.69) is 37.2 Å². The van der Waals surface area contributed by atoms with Crippen molar-refractivity contribution in [3.63, 3.8) is 0 Å². The topological polar surface area (TPSA) is 38.3 Å². The van der Waals surface area contributed by atoms with Crippen LogP contribution in [-0.2, 0) is 9.53 Å². The minimum Gasteiger partial charge on any atom is -0.467 e. The van der Waals surface area contributed by atoms with Crippen LogP contribution >= 0.6 is 54.8 Å². The first-order valence-corrected chi connectivity index (χ1v) is 8.34. The Labute approximate surface area is 142 Å². The second kappa shape index (κ2) is 6.93. The van der Waals surface area contributed by atoms with Crippen LogP contribution in [0.1, 0.15) is 10.9 Å². The summed E-state index contributed by atoms with van der Waals surface area (Å²) >= 11 is 14.2. The molecule has 1 aromatic heterocycles. The van der Waals surface area contributed by atoms with Crippen LogP contribution in [0.15, 0.2) is 38.6 Å². The molecule has 1 aromatic carbocycles. The molecule has 7 heteroatoms. The van der Waals surface area contributed by atoms with Crippen molar-refractivity contribution in [1.29, 1.82) is 0 Å². The second-order valence-corrected chi connectivity index (χ2v) is 7.57. The lowest BCUT2D eigenvalue weighted by Crippen LogP contribution is -2.21. The Morgan fingerprint density at radius 3 is 2.70 bits per heavy atom. The van der Waals surface area contributed by atoms with E-state index in [1.165, 1.54) is 18.4 Å². The van der Waals surface area contributed by atoms with Crippen molar-refractivity contribution in [2.24, 2.45) is 0 Å². The molecule has 106 valence electrons. The van der Waals surface area contributed by atoms with Gasteiger partial charge in [-0.15, -0.1) is 11.3 Å². The molecule has 1 N–H and O–H groups in total. The molecule has 0 fully saturated rings. The van der Waals surface area contributed by atoms with Gasteiger partial charge in [0.2, 0.25) is 0 Å². The first-order valence-electron chi connectivity index (χ1n) is 5.56. The zero-order chi connectivity index (χ0) is 14.7. The van der Waals surface area contributed by atoms with Crippen LogP contribution in [0.25, 0.3) is 0 Å². The highest BCUT2D eigenvalue weighted by molar-refractivity contribution is 9.13. The number of benzene rings is 1. The Morgan fingerprint density at radius 1 is 1.40 bits per heavy atom. The number of carbonyl (C=O) groups is 1. The van der Waals surface area contributed by atoms with Crippen molar-refractivity contribution in [3.8, 4) is 0 Å². The molecular formula is C13H10Br2ClNO2S. The van der Waals surface area contributed by atoms with E-state index in [0.29, 0.717) is 5.02 Å². The molecule has 1 atom stereocenters. The van der Waals surface area contributed by atoms with Crippen LogP contribution in [0.2, 0.25) is 5.02 Å². The minimum absolute atomic E-state index is 0.355. The third-order valence-electron chi connectivity index (χ3n) is 2.52. The summed E-state index contributed by atoms with van der Waals surface area (Å²) in [7, 11) is 1.37. The van der Waals surface area contributed by atoms with Gasteiger partial charge in [0.15, 0.2) is 6.04 Å². The van der Waals surface area contributed by atoms with Gasteiger partial charge in [0.25, 0.3) is 0 Å². The van der Waals surface area contributed by atoms with E-state index in [-0.39, 0.29) is 5.97 Å². The van der Waals surface area contributed by atoms with Gasteiger partial charge >= 0.3 is 5.97 Å². The first kappa shape index (κ1) is 15.8. The summed E-state index contributed by atoms with van der Waals surface area (Å²) in [5, 5.41) is 3.74. The van der Waals surface area contributed by atoms with E-state index in [0.717, 1.165) is 18.8 Å². The fraction of sp³-hybridized carbons (Fsp3) is 0.154. The summed E-state index contributed by atoms with van der Waals surface area (Å²) in [6, 6.07) is 8.51. The first-order chi connectivity index (χ1) is 9.51. The molecule has 1 heterocycles. The maximum Gasteiger partial charge on any atom is 0.333 e. The van der Waals surface area contributed by atoms with E-state index < -0.39 is 6.04 Å². The molecule has 0 spiro atoms. The molecule has 2 aromatic rings. The number of rotatable bonds is 4. The highest BCUT2D eigenvalue weighted by Crippen LogP contribution is 2.37. The van der Waals surface area contributed by atoms with Crippen molar-refractivity contribution in [1.82, 2.24) is 0 Å². The van der Waals surface area contributed by atoms with Crippen LogP contribution < -0.4 is 5.32 Å². The fourth-order valence-corrected chi connectivity index (χ4v) is 3.93. The summed E-state index contributed by atoms with van der Waals surface area (Å²) in [5.74, 6) is -0.355. The Hall–Kier alpha value is -0.560. The summed E-state index contributed by atoms with van der Waals surface area (Å²) in [6.07, 6.45) is 0. The number of ether oxygens (including phenoxy) is 1. The normalized spacial score (nSPS) is 12.0. The van der Waals surface area contributed by atoms with Crippen LogP contribution in [0.3, 0.4) is 0 Å². The summed E-state index contributed by atoms with van der Waals surface area (Å²) < 4.78 is 6.69. The predicted octanol–water partition coefficient (Wildman–Crippen LogP) is 5.25. The monoisotopic (exact) mass is 437 g/mol. The van der Waals surface area contributed by atoms with Gasteiger partial charge in [0, 0.05) is 20.1 Å². The number of hydrogen-bond donors (Lipinski definition) is 1. The average molecular weight is 440 g/mol. The summed E-state index contributed by atoms with van der Waals surface area (Å²) in [6.45, 7) is 0. The number of thiophene rings is 1. The van der Waals surface area contributed by atoms with Gasteiger partial charge in [-0.2, -0.15) is 0 Å². The Morgan fingerprint density at radius 2 is 2.15 bits per heavy atom. The van der Waals surface area contributed by atoms with Crippen LogP contribution in [0, 0.1) is 0 Å². The maximum atomic E-state index is 12.0. The van der Waals surface area contributed by atoms with Gasteiger partial charge in [-0.3, -0.25) is 0 Å². The number of halogens is 3. The highest BCUT2D eigenvalue weighted by Gasteiger charge is 2.24. The van der Waals surface area contributed by atoms with Gasteiger partial charge < -0.3 is 10.1 Å². The molecule has 0 bridgehead atoms. The molecule has 2 rings (SSSR count). The Kier molecular flexibility index (Phi) is 5.49. The van der Waals surface area contributed by atoms with Gasteiger partial charge in [0.1, 0.15) is 0 Å². The highest BCUT2D eigenvalue weighted by atomic mass is 79.9. The number of esters is 1. The van der Waals surface area contributed by atoms with Gasteiger partial charge in [-0.25, -0.2) is 4.79 Å². The Balaban J connectivity index is 2.31. The van der Waals surface area contributed by atoms with Crippen molar-refractivity contribution < 1.29 is 9.53 Å². The second-order valence-electron chi connectivity index (χ2n) is 3.88. The maximum absolute atomic E-state index is 12.0. The number of anilines is 1. The minimum atomic E-state index is -0.578. The van der Waals surface area contributed by atoms with Crippen molar-refractivity contribution >= 4 is 66.5 Å². The number of hydrogen-bond acceptors (Lipinski definition) is 4. The van der Waals surface area contributed by atoms with E-state index in [9.17, 15) is 4.79 Å². The molecule has 0 radical (unpaired) electrons. The largest absolute Gasteiger partial charge is 0.467 e. The third-order valence-corrected chi connectivity index (χ3v) is 6.08. The molecule has 0 aliphatic rings. The van der Waals surface area contributed by atoms with Crippen LogP contribution in [-0.4, -0.2) is 13.1 Å². The molecule has 20 heavy (non-hydrogen) atoms. The van der Waals surface area contributed by atoms with Gasteiger partial charge in [-0.1, -0.05) is 17.7 Å². The van der Waals surface area contributed by atoms with E-state index in [1.807, 2.05) is 18.2 Å². The summed E-state index contributed by atoms with van der Waals surface area (Å²) in [5.41, 5.74) is 0.758. The summed E-state index contributed by atoms with van der Waals surface area (Å²) in [4.78, 5) is 12.8. The molecule has 0 amide bonds. The average Bonchev–Trinajstić information content (AvgIpc) is 2.75. The van der Waals surface area contributed by atoms with E-state index >= 15 is 0 Å². The van der Waals surface area contributed by atoms with Gasteiger partial charge in [0.05, 0.1) is 10.9 Å². The van der Waals surface area contributed by atoms with Gasteiger partial charge in [-0.05, 0) is 56.1 Å². The lowest BCUT2D eigenvalue weighted by atomic mass is 10.2.